The third-order valence-corrected chi connectivity index (χ3v) is 7.55. The van der Waals surface area contributed by atoms with Crippen LogP contribution < -0.4 is 10.6 Å². The second kappa shape index (κ2) is 11.2. The van der Waals surface area contributed by atoms with Crippen molar-refractivity contribution in [2.45, 2.75) is 18.6 Å². The number of carbonyl (C=O) groups excluding carboxylic acids is 1. The van der Waals surface area contributed by atoms with Gasteiger partial charge in [-0.1, -0.05) is 78.9 Å². The predicted octanol–water partition coefficient (Wildman–Crippen LogP) is 8.24. The van der Waals surface area contributed by atoms with Crippen molar-refractivity contribution in [1.82, 2.24) is 9.88 Å². The van der Waals surface area contributed by atoms with Crippen molar-refractivity contribution >= 4 is 33.1 Å². The lowest BCUT2D eigenvalue weighted by molar-refractivity contribution is -0.137. The van der Waals surface area contributed by atoms with Crippen molar-refractivity contribution < 1.29 is 18.0 Å². The number of likely N-dealkylation sites (N-methyl/N-ethyl adjacent to an activating group) is 1. The molecule has 6 rings (SSSR count). The monoisotopic (exact) mass is 563 g/mol. The molecule has 0 aliphatic carbocycles. The zero-order valence-electron chi connectivity index (χ0n) is 22.8. The molecule has 7 heteroatoms. The summed E-state index contributed by atoms with van der Waals surface area (Å²) < 4.78 is 43.1. The van der Waals surface area contributed by atoms with E-state index < -0.39 is 17.8 Å². The number of fused-ring (bicyclic) bond motifs is 3. The fraction of sp³-hybridized carbons (Fsp3) is 0.114. The Morgan fingerprint density at radius 3 is 2.21 bits per heavy atom. The molecular formula is C35H28F3N3O. The number of nitrogens with one attached hydrogen (secondary N) is 2. The second-order valence-corrected chi connectivity index (χ2v) is 10.3. The molecule has 0 aliphatic heterocycles. The summed E-state index contributed by atoms with van der Waals surface area (Å²) in [6, 6.07) is 35.1. The smallest absolute Gasteiger partial charge is 0.325 e. The van der Waals surface area contributed by atoms with E-state index in [0.717, 1.165) is 33.3 Å². The normalized spacial score (nSPS) is 12.5. The summed E-state index contributed by atoms with van der Waals surface area (Å²) in [6.07, 6.45) is -2.86. The molecule has 0 fully saturated rings. The van der Waals surface area contributed by atoms with Crippen molar-refractivity contribution in [2.75, 3.05) is 12.4 Å². The van der Waals surface area contributed by atoms with Crippen molar-refractivity contribution in [3.05, 3.63) is 133 Å². The van der Waals surface area contributed by atoms with Gasteiger partial charge < -0.3 is 15.2 Å². The summed E-state index contributed by atoms with van der Waals surface area (Å²) in [5, 5.41) is 10.1. The highest BCUT2D eigenvalue weighted by molar-refractivity contribution is 6.08. The molecule has 210 valence electrons. The summed E-state index contributed by atoms with van der Waals surface area (Å²) in [7, 11) is 1.73. The summed E-state index contributed by atoms with van der Waals surface area (Å²) in [5.74, 6) is -0.196. The zero-order valence-corrected chi connectivity index (χ0v) is 22.8. The fourth-order valence-corrected chi connectivity index (χ4v) is 5.34. The molecule has 0 unspecified atom stereocenters. The van der Waals surface area contributed by atoms with Gasteiger partial charge in [0.05, 0.1) is 17.3 Å². The molecule has 1 atom stereocenters. The van der Waals surface area contributed by atoms with E-state index in [1.165, 1.54) is 6.07 Å². The minimum Gasteiger partial charge on any atom is -0.325 e. The zero-order chi connectivity index (χ0) is 29.3. The van der Waals surface area contributed by atoms with Crippen LogP contribution in [0, 0.1) is 0 Å². The van der Waals surface area contributed by atoms with Gasteiger partial charge in [-0.25, -0.2) is 0 Å². The molecule has 0 spiro atoms. The van der Waals surface area contributed by atoms with Gasteiger partial charge in [0.25, 0.3) is 0 Å². The number of hydrogen-bond acceptors (Lipinski definition) is 2. The molecule has 0 saturated carbocycles. The molecule has 42 heavy (non-hydrogen) atoms. The van der Waals surface area contributed by atoms with E-state index in [2.05, 4.69) is 10.6 Å². The Morgan fingerprint density at radius 1 is 0.786 bits per heavy atom. The number of halogens is 3. The van der Waals surface area contributed by atoms with Crippen LogP contribution in [0.5, 0.6) is 0 Å². The Balaban J connectivity index is 1.31. The summed E-state index contributed by atoms with van der Waals surface area (Å²) in [5.41, 5.74) is 2.50. The number of anilines is 1. The van der Waals surface area contributed by atoms with Crippen LogP contribution >= 0.6 is 0 Å². The SMILES string of the molecule is CN[C@@H](Cc1ccccc1)C(=O)Nc1ccc(-n2cc(C(F)(F)F)cc2-c2ccc3c(ccc4ccccc43)c2)cc1. The van der Waals surface area contributed by atoms with Gasteiger partial charge in [-0.3, -0.25) is 4.79 Å². The third kappa shape index (κ3) is 5.51. The van der Waals surface area contributed by atoms with Gasteiger partial charge in [-0.05, 0) is 82.5 Å². The standard InChI is InChI=1S/C35H28F3N3O/c1-39-32(19-23-7-3-2-4-8-23)34(42)40-28-14-16-29(17-15-28)41-22-27(35(36,37)38)21-33(41)26-13-18-31-25(20-26)12-11-24-9-5-6-10-30(24)31/h2-18,20-22,32,39H,19H2,1H3,(H,40,42)/t32-/m0/s1. The number of rotatable bonds is 7. The van der Waals surface area contributed by atoms with Crippen molar-refractivity contribution in [3.63, 3.8) is 0 Å². The lowest BCUT2D eigenvalue weighted by Gasteiger charge is -2.17. The Morgan fingerprint density at radius 2 is 1.48 bits per heavy atom. The van der Waals surface area contributed by atoms with Crippen LogP contribution in [0.4, 0.5) is 18.9 Å². The maximum atomic E-state index is 13.8. The van der Waals surface area contributed by atoms with E-state index in [1.807, 2.05) is 84.9 Å². The van der Waals surface area contributed by atoms with Crippen LogP contribution in [0.1, 0.15) is 11.1 Å². The minimum atomic E-state index is -4.50. The first-order valence-corrected chi connectivity index (χ1v) is 13.6. The Hall–Kier alpha value is -4.88. The number of amides is 1. The topological polar surface area (TPSA) is 46.1 Å². The summed E-state index contributed by atoms with van der Waals surface area (Å²) >= 11 is 0. The average Bonchev–Trinajstić information content (AvgIpc) is 3.47. The van der Waals surface area contributed by atoms with Gasteiger partial charge in [0.2, 0.25) is 5.91 Å². The van der Waals surface area contributed by atoms with Crippen LogP contribution in [0.25, 0.3) is 38.5 Å². The molecule has 1 aromatic heterocycles. The van der Waals surface area contributed by atoms with Crippen LogP contribution in [0.3, 0.4) is 0 Å². The van der Waals surface area contributed by atoms with E-state index in [4.69, 9.17) is 0 Å². The van der Waals surface area contributed by atoms with Gasteiger partial charge in [0.15, 0.2) is 0 Å². The highest BCUT2D eigenvalue weighted by Crippen LogP contribution is 2.37. The second-order valence-electron chi connectivity index (χ2n) is 10.3. The molecule has 5 aromatic carbocycles. The van der Waals surface area contributed by atoms with E-state index in [0.29, 0.717) is 29.1 Å². The van der Waals surface area contributed by atoms with Crippen LogP contribution in [0.2, 0.25) is 0 Å². The maximum Gasteiger partial charge on any atom is 0.417 e. The summed E-state index contributed by atoms with van der Waals surface area (Å²) in [4.78, 5) is 12.9. The first-order chi connectivity index (χ1) is 20.3. The van der Waals surface area contributed by atoms with Crippen LogP contribution in [0.15, 0.2) is 121 Å². The molecule has 4 nitrogen and oxygen atoms in total. The molecule has 0 bridgehead atoms. The lowest BCUT2D eigenvalue weighted by atomic mass is 9.99. The first kappa shape index (κ1) is 27.3. The predicted molar refractivity (Wildman–Crippen MR) is 163 cm³/mol. The van der Waals surface area contributed by atoms with Crippen molar-refractivity contribution in [2.24, 2.45) is 0 Å². The minimum absolute atomic E-state index is 0.196. The Bertz CT molecular complexity index is 1880. The van der Waals surface area contributed by atoms with Gasteiger partial charge in [-0.15, -0.1) is 0 Å². The molecule has 0 radical (unpaired) electrons. The van der Waals surface area contributed by atoms with Crippen LogP contribution in [-0.2, 0) is 17.4 Å². The number of carbonyl (C=O) groups is 1. The number of benzene rings is 5. The average molecular weight is 564 g/mol. The van der Waals surface area contributed by atoms with E-state index >= 15 is 0 Å². The van der Waals surface area contributed by atoms with Gasteiger partial charge >= 0.3 is 6.18 Å². The maximum absolute atomic E-state index is 13.8. The van der Waals surface area contributed by atoms with Crippen molar-refractivity contribution in [1.29, 1.82) is 0 Å². The van der Waals surface area contributed by atoms with Gasteiger partial charge in [0, 0.05) is 17.6 Å². The lowest BCUT2D eigenvalue weighted by Crippen LogP contribution is -2.40. The van der Waals surface area contributed by atoms with Crippen LogP contribution in [-0.4, -0.2) is 23.6 Å². The van der Waals surface area contributed by atoms with Gasteiger partial charge in [-0.2, -0.15) is 13.2 Å². The number of nitrogens with zero attached hydrogens (tertiary/aromatic N) is 1. The Labute approximate surface area is 241 Å². The molecule has 1 heterocycles. The molecule has 6 aromatic rings. The third-order valence-electron chi connectivity index (χ3n) is 7.55. The fourth-order valence-electron chi connectivity index (χ4n) is 5.34. The van der Waals surface area contributed by atoms with Crippen molar-refractivity contribution in [3.8, 4) is 16.9 Å². The highest BCUT2D eigenvalue weighted by atomic mass is 19.4. The first-order valence-electron chi connectivity index (χ1n) is 13.6. The van der Waals surface area contributed by atoms with E-state index in [-0.39, 0.29) is 5.91 Å². The van der Waals surface area contributed by atoms with E-state index in [9.17, 15) is 18.0 Å². The summed E-state index contributed by atoms with van der Waals surface area (Å²) in [6.45, 7) is 0. The molecule has 2 N–H and O–H groups in total. The number of alkyl halides is 3. The number of aromatic nitrogens is 1. The molecule has 1 amide bonds. The number of hydrogen-bond donors (Lipinski definition) is 2. The Kier molecular flexibility index (Phi) is 7.27. The molecule has 0 aliphatic rings. The largest absolute Gasteiger partial charge is 0.417 e. The van der Waals surface area contributed by atoms with E-state index in [1.54, 1.807) is 35.9 Å². The molecular weight excluding hydrogens is 535 g/mol. The molecule has 0 saturated heterocycles. The quantitative estimate of drug-likeness (QED) is 0.192. The highest BCUT2D eigenvalue weighted by Gasteiger charge is 2.33. The van der Waals surface area contributed by atoms with Gasteiger partial charge in [0.1, 0.15) is 0 Å².